The van der Waals surface area contributed by atoms with E-state index in [1.165, 1.54) is 5.56 Å². The van der Waals surface area contributed by atoms with Gasteiger partial charge in [-0.3, -0.25) is 0 Å². The summed E-state index contributed by atoms with van der Waals surface area (Å²) in [5.41, 5.74) is 7.40. The molecule has 0 saturated carbocycles. The van der Waals surface area contributed by atoms with E-state index >= 15 is 0 Å². The Bertz CT molecular complexity index is 921. The van der Waals surface area contributed by atoms with Gasteiger partial charge in [-0.1, -0.05) is 48.0 Å². The summed E-state index contributed by atoms with van der Waals surface area (Å²) < 4.78 is 2.23. The van der Waals surface area contributed by atoms with Crippen LogP contribution in [0.25, 0.3) is 17.3 Å². The van der Waals surface area contributed by atoms with Crippen molar-refractivity contribution < 1.29 is 0 Å². The van der Waals surface area contributed by atoms with E-state index in [1.54, 1.807) is 0 Å². The molecule has 0 unspecified atom stereocenters. The fourth-order valence-corrected chi connectivity index (χ4v) is 2.98. The second-order valence-corrected chi connectivity index (χ2v) is 6.03. The van der Waals surface area contributed by atoms with E-state index in [0.29, 0.717) is 5.57 Å². The molecule has 1 heterocycles. The van der Waals surface area contributed by atoms with Crippen LogP contribution in [0.2, 0.25) is 0 Å². The lowest BCUT2D eigenvalue weighted by Crippen LogP contribution is -1.98. The number of rotatable bonds is 3. The zero-order valence-electron chi connectivity index (χ0n) is 14.2. The molecule has 3 rings (SSSR count). The van der Waals surface area contributed by atoms with Crippen molar-refractivity contribution in [2.75, 3.05) is 0 Å². The van der Waals surface area contributed by atoms with Crippen LogP contribution in [0.4, 0.5) is 0 Å². The number of allylic oxidation sites excluding steroid dienone is 1. The summed E-state index contributed by atoms with van der Waals surface area (Å²) >= 11 is 0. The van der Waals surface area contributed by atoms with Gasteiger partial charge in [0.05, 0.1) is 11.6 Å². The first-order chi connectivity index (χ1) is 11.6. The van der Waals surface area contributed by atoms with Crippen molar-refractivity contribution >= 4 is 11.6 Å². The van der Waals surface area contributed by atoms with Gasteiger partial charge in [0.25, 0.3) is 0 Å². The zero-order valence-corrected chi connectivity index (χ0v) is 14.2. The standard InChI is InChI=1S/C22H20N2/c1-16-9-11-22(12-10-16)24-17(2)13-20(18(24)3)14-21(15-23)19-7-5-4-6-8-19/h4-14H,1-3H3/b21-14-. The molecule has 0 N–H and O–H groups in total. The second-order valence-electron chi connectivity index (χ2n) is 6.03. The quantitative estimate of drug-likeness (QED) is 0.590. The van der Waals surface area contributed by atoms with Gasteiger partial charge in [-0.05, 0) is 56.2 Å². The van der Waals surface area contributed by atoms with Crippen LogP contribution in [0.15, 0.2) is 60.7 Å². The molecule has 118 valence electrons. The van der Waals surface area contributed by atoms with Gasteiger partial charge in [-0.2, -0.15) is 5.26 Å². The van der Waals surface area contributed by atoms with E-state index in [-0.39, 0.29) is 0 Å². The van der Waals surface area contributed by atoms with Crippen molar-refractivity contribution in [3.8, 4) is 11.8 Å². The number of nitrogens with zero attached hydrogens (tertiary/aromatic N) is 2. The number of hydrogen-bond donors (Lipinski definition) is 0. The predicted molar refractivity (Wildman–Crippen MR) is 99.9 cm³/mol. The highest BCUT2D eigenvalue weighted by atomic mass is 15.0. The van der Waals surface area contributed by atoms with Crippen LogP contribution in [0.3, 0.4) is 0 Å². The molecule has 24 heavy (non-hydrogen) atoms. The highest BCUT2D eigenvalue weighted by Gasteiger charge is 2.10. The smallest absolute Gasteiger partial charge is 0.0998 e. The first kappa shape index (κ1) is 15.8. The Labute approximate surface area is 143 Å². The minimum Gasteiger partial charge on any atom is -0.318 e. The topological polar surface area (TPSA) is 28.7 Å². The molecule has 0 spiro atoms. The molecule has 2 aromatic carbocycles. The molecule has 0 radical (unpaired) electrons. The van der Waals surface area contributed by atoms with Gasteiger partial charge in [0.2, 0.25) is 0 Å². The summed E-state index contributed by atoms with van der Waals surface area (Å²) in [6.45, 7) is 6.28. The maximum absolute atomic E-state index is 9.53. The van der Waals surface area contributed by atoms with Crippen LogP contribution in [0.5, 0.6) is 0 Å². The number of aryl methyl sites for hydroxylation is 2. The van der Waals surface area contributed by atoms with E-state index in [9.17, 15) is 5.26 Å². The van der Waals surface area contributed by atoms with E-state index in [2.05, 4.69) is 61.7 Å². The Kier molecular flexibility index (Phi) is 4.35. The average molecular weight is 312 g/mol. The van der Waals surface area contributed by atoms with Crippen LogP contribution < -0.4 is 0 Å². The van der Waals surface area contributed by atoms with Gasteiger partial charge >= 0.3 is 0 Å². The van der Waals surface area contributed by atoms with Crippen LogP contribution in [-0.2, 0) is 0 Å². The molecule has 0 aliphatic carbocycles. The molecule has 0 aliphatic rings. The molecule has 0 amide bonds. The number of benzene rings is 2. The van der Waals surface area contributed by atoms with Crippen molar-refractivity contribution in [3.05, 3.63) is 88.7 Å². The van der Waals surface area contributed by atoms with E-state index in [1.807, 2.05) is 36.4 Å². The Balaban J connectivity index is 2.08. The van der Waals surface area contributed by atoms with Gasteiger partial charge < -0.3 is 4.57 Å². The fraction of sp³-hybridized carbons (Fsp3) is 0.136. The minimum absolute atomic E-state index is 0.680. The van der Waals surface area contributed by atoms with Gasteiger partial charge in [-0.15, -0.1) is 0 Å². The monoisotopic (exact) mass is 312 g/mol. The molecule has 1 aromatic heterocycles. The zero-order chi connectivity index (χ0) is 17.1. The lowest BCUT2D eigenvalue weighted by atomic mass is 10.0. The Morgan fingerprint density at radius 1 is 0.958 bits per heavy atom. The number of hydrogen-bond acceptors (Lipinski definition) is 1. The molecule has 3 aromatic rings. The molecule has 0 fully saturated rings. The van der Waals surface area contributed by atoms with Crippen molar-refractivity contribution in [2.45, 2.75) is 20.8 Å². The molecule has 0 atom stereocenters. The third-order valence-electron chi connectivity index (χ3n) is 4.27. The molecule has 2 nitrogen and oxygen atoms in total. The van der Waals surface area contributed by atoms with Crippen LogP contribution in [-0.4, -0.2) is 4.57 Å². The Morgan fingerprint density at radius 2 is 1.62 bits per heavy atom. The van der Waals surface area contributed by atoms with Crippen LogP contribution >= 0.6 is 0 Å². The van der Waals surface area contributed by atoms with E-state index in [0.717, 1.165) is 28.2 Å². The van der Waals surface area contributed by atoms with Crippen molar-refractivity contribution in [2.24, 2.45) is 0 Å². The summed E-state index contributed by atoms with van der Waals surface area (Å²) in [4.78, 5) is 0. The van der Waals surface area contributed by atoms with Crippen molar-refractivity contribution in [1.82, 2.24) is 4.57 Å². The normalized spacial score (nSPS) is 11.3. The largest absolute Gasteiger partial charge is 0.318 e. The van der Waals surface area contributed by atoms with Crippen molar-refractivity contribution in [3.63, 3.8) is 0 Å². The molecule has 0 aliphatic heterocycles. The van der Waals surface area contributed by atoms with Crippen LogP contribution in [0, 0.1) is 32.1 Å². The molecular formula is C22H20N2. The molecular weight excluding hydrogens is 292 g/mol. The van der Waals surface area contributed by atoms with Gasteiger partial charge in [0, 0.05) is 17.1 Å². The summed E-state index contributed by atoms with van der Waals surface area (Å²) in [6, 6.07) is 22.8. The van der Waals surface area contributed by atoms with Gasteiger partial charge in [-0.25, -0.2) is 0 Å². The van der Waals surface area contributed by atoms with Crippen molar-refractivity contribution in [1.29, 1.82) is 5.26 Å². The molecule has 0 bridgehead atoms. The third-order valence-corrected chi connectivity index (χ3v) is 4.27. The number of aromatic nitrogens is 1. The average Bonchev–Trinajstić information content (AvgIpc) is 2.88. The molecule has 0 saturated heterocycles. The lowest BCUT2D eigenvalue weighted by Gasteiger charge is -2.10. The highest BCUT2D eigenvalue weighted by Crippen LogP contribution is 2.25. The van der Waals surface area contributed by atoms with E-state index < -0.39 is 0 Å². The Hall–Kier alpha value is -3.05. The van der Waals surface area contributed by atoms with Gasteiger partial charge in [0.15, 0.2) is 0 Å². The fourth-order valence-electron chi connectivity index (χ4n) is 2.98. The number of nitriles is 1. The third kappa shape index (κ3) is 3.02. The SMILES string of the molecule is Cc1ccc(-n2c(C)cc(/C=C(/C#N)c3ccccc3)c2C)cc1. The van der Waals surface area contributed by atoms with Gasteiger partial charge in [0.1, 0.15) is 0 Å². The highest BCUT2D eigenvalue weighted by molar-refractivity contribution is 5.90. The maximum Gasteiger partial charge on any atom is 0.0998 e. The summed E-state index contributed by atoms with van der Waals surface area (Å²) in [6.07, 6.45) is 1.97. The van der Waals surface area contributed by atoms with Crippen LogP contribution in [0.1, 0.15) is 28.1 Å². The predicted octanol–water partition coefficient (Wildman–Crippen LogP) is 5.47. The summed E-state index contributed by atoms with van der Waals surface area (Å²) in [5.74, 6) is 0. The Morgan fingerprint density at radius 3 is 2.25 bits per heavy atom. The summed E-state index contributed by atoms with van der Waals surface area (Å²) in [5, 5.41) is 9.53. The maximum atomic E-state index is 9.53. The lowest BCUT2D eigenvalue weighted by molar-refractivity contribution is 0.963. The van der Waals surface area contributed by atoms with E-state index in [4.69, 9.17) is 0 Å². The first-order valence-electron chi connectivity index (χ1n) is 8.03. The second kappa shape index (κ2) is 6.60. The minimum atomic E-state index is 0.680. The molecule has 2 heteroatoms. The summed E-state index contributed by atoms with van der Waals surface area (Å²) in [7, 11) is 0. The first-order valence-corrected chi connectivity index (χ1v) is 8.03.